The van der Waals surface area contributed by atoms with E-state index in [1.54, 1.807) is 0 Å². The lowest BCUT2D eigenvalue weighted by atomic mass is 9.85. The number of benzene rings is 1. The molecule has 25 heavy (non-hydrogen) atoms. The van der Waals surface area contributed by atoms with Crippen molar-refractivity contribution in [2.75, 3.05) is 31.1 Å². The summed E-state index contributed by atoms with van der Waals surface area (Å²) in [6.07, 6.45) is -0.650. The second-order valence-corrected chi connectivity index (χ2v) is 6.98. The van der Waals surface area contributed by atoms with E-state index in [-0.39, 0.29) is 17.9 Å². The molecule has 0 bridgehead atoms. The van der Waals surface area contributed by atoms with Crippen LogP contribution in [0.15, 0.2) is 24.3 Å². The molecule has 138 valence electrons. The monoisotopic (exact) mass is 355 g/mol. The summed E-state index contributed by atoms with van der Waals surface area (Å²) in [5.74, 6) is 0.212. The summed E-state index contributed by atoms with van der Waals surface area (Å²) in [5.41, 5.74) is 6.10. The Bertz CT molecular complexity index is 595. The lowest BCUT2D eigenvalue weighted by Crippen LogP contribution is -2.51. The van der Waals surface area contributed by atoms with Crippen molar-refractivity contribution in [3.63, 3.8) is 0 Å². The Balaban J connectivity index is 1.55. The normalized spacial score (nSPS) is 25.1. The van der Waals surface area contributed by atoms with Crippen LogP contribution >= 0.6 is 0 Å². The van der Waals surface area contributed by atoms with Gasteiger partial charge < -0.3 is 15.5 Å². The Kier molecular flexibility index (Phi) is 5.22. The highest BCUT2D eigenvalue weighted by molar-refractivity contribution is 5.79. The van der Waals surface area contributed by atoms with Crippen LogP contribution in [0, 0.1) is 5.92 Å². The molecule has 1 heterocycles. The minimum Gasteiger partial charge on any atom is -0.368 e. The van der Waals surface area contributed by atoms with Crippen LogP contribution in [-0.4, -0.2) is 43.0 Å². The van der Waals surface area contributed by atoms with Crippen molar-refractivity contribution in [2.24, 2.45) is 11.7 Å². The van der Waals surface area contributed by atoms with Crippen molar-refractivity contribution >= 4 is 11.6 Å². The van der Waals surface area contributed by atoms with Gasteiger partial charge in [-0.25, -0.2) is 0 Å². The van der Waals surface area contributed by atoms with Gasteiger partial charge in [0, 0.05) is 43.8 Å². The van der Waals surface area contributed by atoms with Crippen LogP contribution in [0.2, 0.25) is 0 Å². The second-order valence-electron chi connectivity index (χ2n) is 6.98. The molecule has 1 amide bonds. The largest absolute Gasteiger partial charge is 0.416 e. The Hall–Kier alpha value is -1.76. The van der Waals surface area contributed by atoms with Crippen LogP contribution in [0.25, 0.3) is 0 Å². The quantitative estimate of drug-likeness (QED) is 0.888. The lowest BCUT2D eigenvalue weighted by molar-refractivity contribution is -0.138. The second kappa shape index (κ2) is 7.23. The van der Waals surface area contributed by atoms with Crippen LogP contribution in [0.4, 0.5) is 18.9 Å². The maximum atomic E-state index is 12.6. The molecule has 1 aliphatic carbocycles. The fraction of sp³-hybridized carbons (Fsp3) is 0.611. The van der Waals surface area contributed by atoms with Gasteiger partial charge in [0.1, 0.15) is 0 Å². The smallest absolute Gasteiger partial charge is 0.368 e. The molecule has 2 N–H and O–H groups in total. The van der Waals surface area contributed by atoms with E-state index < -0.39 is 11.7 Å². The fourth-order valence-corrected chi connectivity index (χ4v) is 3.76. The van der Waals surface area contributed by atoms with Crippen LogP contribution in [0.5, 0.6) is 0 Å². The van der Waals surface area contributed by atoms with Gasteiger partial charge in [-0.2, -0.15) is 13.2 Å². The van der Waals surface area contributed by atoms with Gasteiger partial charge in [0.05, 0.1) is 5.56 Å². The van der Waals surface area contributed by atoms with Gasteiger partial charge in [0.25, 0.3) is 0 Å². The zero-order valence-corrected chi connectivity index (χ0v) is 14.1. The highest BCUT2D eigenvalue weighted by atomic mass is 19.4. The van der Waals surface area contributed by atoms with E-state index in [1.165, 1.54) is 12.1 Å². The molecule has 2 atom stereocenters. The maximum absolute atomic E-state index is 12.6. The first-order valence-electron chi connectivity index (χ1n) is 8.81. The number of rotatable bonds is 2. The molecule has 0 radical (unpaired) electrons. The van der Waals surface area contributed by atoms with E-state index in [2.05, 4.69) is 0 Å². The summed E-state index contributed by atoms with van der Waals surface area (Å²) in [7, 11) is 0. The van der Waals surface area contributed by atoms with Gasteiger partial charge in [-0.1, -0.05) is 6.42 Å². The predicted molar refractivity (Wildman–Crippen MR) is 90.2 cm³/mol. The van der Waals surface area contributed by atoms with Crippen molar-refractivity contribution in [1.29, 1.82) is 0 Å². The zero-order valence-electron chi connectivity index (χ0n) is 14.1. The van der Waals surface area contributed by atoms with Gasteiger partial charge >= 0.3 is 6.18 Å². The maximum Gasteiger partial charge on any atom is 0.416 e. The summed E-state index contributed by atoms with van der Waals surface area (Å²) in [4.78, 5) is 16.5. The molecule has 7 heteroatoms. The molecule has 3 rings (SSSR count). The minimum absolute atomic E-state index is 0.0290. The average molecular weight is 355 g/mol. The number of nitrogens with zero attached hydrogens (tertiary/aromatic N) is 2. The van der Waals surface area contributed by atoms with E-state index >= 15 is 0 Å². The summed E-state index contributed by atoms with van der Waals surface area (Å²) in [6.45, 7) is 2.48. The van der Waals surface area contributed by atoms with E-state index in [4.69, 9.17) is 5.73 Å². The average Bonchev–Trinajstić information content (AvgIpc) is 2.61. The molecule has 1 aliphatic heterocycles. The number of carbonyl (C=O) groups is 1. The summed E-state index contributed by atoms with van der Waals surface area (Å²) in [5, 5.41) is 0. The van der Waals surface area contributed by atoms with E-state index in [0.717, 1.165) is 43.5 Å². The van der Waals surface area contributed by atoms with E-state index in [1.807, 2.05) is 9.80 Å². The predicted octanol–water partition coefficient (Wildman–Crippen LogP) is 2.87. The summed E-state index contributed by atoms with van der Waals surface area (Å²) >= 11 is 0. The van der Waals surface area contributed by atoms with Gasteiger partial charge in [-0.15, -0.1) is 0 Å². The molecule has 2 aliphatic rings. The highest BCUT2D eigenvalue weighted by Crippen LogP contribution is 2.31. The topological polar surface area (TPSA) is 49.6 Å². The number of anilines is 1. The van der Waals surface area contributed by atoms with Crippen molar-refractivity contribution in [3.8, 4) is 0 Å². The number of hydrogen-bond acceptors (Lipinski definition) is 3. The van der Waals surface area contributed by atoms with Crippen molar-refractivity contribution in [2.45, 2.75) is 37.9 Å². The lowest BCUT2D eigenvalue weighted by Gasteiger charge is -2.38. The Morgan fingerprint density at radius 1 is 1.04 bits per heavy atom. The standard InChI is InChI=1S/C18H24F3N3O/c19-18(20,21)14-4-6-16(7-5-14)23-8-10-24(11-9-23)17(25)13-2-1-3-15(22)12-13/h4-7,13,15H,1-3,8-12,22H2. The number of amides is 1. The van der Waals surface area contributed by atoms with E-state index in [0.29, 0.717) is 26.2 Å². The van der Waals surface area contributed by atoms with Gasteiger partial charge in [-0.3, -0.25) is 4.79 Å². The number of halogens is 3. The Labute approximate surface area is 145 Å². The Morgan fingerprint density at radius 2 is 1.68 bits per heavy atom. The summed E-state index contributed by atoms with van der Waals surface area (Å²) < 4.78 is 37.9. The van der Waals surface area contributed by atoms with E-state index in [9.17, 15) is 18.0 Å². The zero-order chi connectivity index (χ0) is 18.0. The van der Waals surface area contributed by atoms with Crippen molar-refractivity contribution in [1.82, 2.24) is 4.90 Å². The number of carbonyl (C=O) groups excluding carboxylic acids is 1. The number of hydrogen-bond donors (Lipinski definition) is 1. The first-order valence-corrected chi connectivity index (χ1v) is 8.81. The third kappa shape index (κ3) is 4.26. The number of alkyl halides is 3. The first kappa shape index (κ1) is 18.0. The number of piperazine rings is 1. The van der Waals surface area contributed by atoms with Crippen molar-refractivity contribution in [3.05, 3.63) is 29.8 Å². The van der Waals surface area contributed by atoms with Gasteiger partial charge in [0.15, 0.2) is 0 Å². The molecule has 0 spiro atoms. The van der Waals surface area contributed by atoms with Gasteiger partial charge in [-0.05, 0) is 43.5 Å². The third-order valence-electron chi connectivity index (χ3n) is 5.22. The van der Waals surface area contributed by atoms with Crippen molar-refractivity contribution < 1.29 is 18.0 Å². The molecule has 2 fully saturated rings. The molecule has 1 saturated carbocycles. The molecular formula is C18H24F3N3O. The molecular weight excluding hydrogens is 331 g/mol. The molecule has 1 aromatic carbocycles. The fourth-order valence-electron chi connectivity index (χ4n) is 3.76. The van der Waals surface area contributed by atoms with Crippen LogP contribution in [0.3, 0.4) is 0 Å². The first-order chi connectivity index (χ1) is 11.8. The highest BCUT2D eigenvalue weighted by Gasteiger charge is 2.32. The van der Waals surface area contributed by atoms with Crippen LogP contribution in [-0.2, 0) is 11.0 Å². The molecule has 4 nitrogen and oxygen atoms in total. The Morgan fingerprint density at radius 3 is 2.24 bits per heavy atom. The summed E-state index contributed by atoms with van der Waals surface area (Å²) in [6, 6.07) is 5.34. The molecule has 1 saturated heterocycles. The minimum atomic E-state index is -4.31. The third-order valence-corrected chi connectivity index (χ3v) is 5.22. The molecule has 0 aromatic heterocycles. The molecule has 1 aromatic rings. The number of nitrogens with two attached hydrogens (primary N) is 1. The van der Waals surface area contributed by atoms with Crippen LogP contribution < -0.4 is 10.6 Å². The SMILES string of the molecule is NC1CCCC(C(=O)N2CCN(c3ccc(C(F)(F)F)cc3)CC2)C1. The van der Waals surface area contributed by atoms with Crippen LogP contribution in [0.1, 0.15) is 31.2 Å². The molecule has 2 unspecified atom stereocenters. The van der Waals surface area contributed by atoms with Gasteiger partial charge in [0.2, 0.25) is 5.91 Å².